The van der Waals surface area contributed by atoms with Crippen LogP contribution in [0, 0.1) is 5.92 Å². The molecule has 2 aliphatic heterocycles. The summed E-state index contributed by atoms with van der Waals surface area (Å²) in [5, 5.41) is 10.2. The molecule has 0 unspecified atom stereocenters. The minimum Gasteiger partial charge on any atom is -0.394 e. The van der Waals surface area contributed by atoms with Crippen molar-refractivity contribution in [3.05, 3.63) is 66.0 Å². The topological polar surface area (TPSA) is 73.7 Å². The molecule has 1 aliphatic carbocycles. The van der Waals surface area contributed by atoms with Crippen LogP contribution in [-0.2, 0) is 4.79 Å². The average molecular weight is 420 g/mol. The van der Waals surface area contributed by atoms with E-state index in [0.29, 0.717) is 18.7 Å². The van der Waals surface area contributed by atoms with Crippen molar-refractivity contribution in [1.29, 1.82) is 0 Å². The Balaban J connectivity index is 1.43. The SMILES string of the molecule is O=C(C1CCCCC1)N1CC2(C1)[C@H](c1ccccc1)[C@@H](CO)N2C(=O)c1cccnc1. The highest BCUT2D eigenvalue weighted by Gasteiger charge is 2.68. The number of aliphatic hydroxyl groups is 1. The monoisotopic (exact) mass is 419 g/mol. The second-order valence-corrected chi connectivity index (χ2v) is 9.19. The lowest BCUT2D eigenvalue weighted by Gasteiger charge is -2.70. The van der Waals surface area contributed by atoms with Crippen molar-refractivity contribution < 1.29 is 14.7 Å². The number of carbonyl (C=O) groups is 2. The lowest BCUT2D eigenvalue weighted by molar-refractivity contribution is -0.182. The number of likely N-dealkylation sites (tertiary alicyclic amines) is 2. The Morgan fingerprint density at radius 1 is 1.03 bits per heavy atom. The van der Waals surface area contributed by atoms with Crippen molar-refractivity contribution >= 4 is 11.8 Å². The van der Waals surface area contributed by atoms with E-state index in [4.69, 9.17) is 0 Å². The summed E-state index contributed by atoms with van der Waals surface area (Å²) in [6.45, 7) is 0.957. The van der Waals surface area contributed by atoms with E-state index < -0.39 is 5.54 Å². The number of hydrogen-bond donors (Lipinski definition) is 1. The smallest absolute Gasteiger partial charge is 0.256 e. The van der Waals surface area contributed by atoms with Gasteiger partial charge < -0.3 is 14.9 Å². The molecule has 0 radical (unpaired) electrons. The quantitative estimate of drug-likeness (QED) is 0.827. The molecule has 0 bridgehead atoms. The van der Waals surface area contributed by atoms with Gasteiger partial charge in [-0.25, -0.2) is 0 Å². The molecule has 3 fully saturated rings. The normalized spacial score (nSPS) is 25.1. The van der Waals surface area contributed by atoms with E-state index in [1.54, 1.807) is 24.5 Å². The van der Waals surface area contributed by atoms with Gasteiger partial charge in [0.1, 0.15) is 0 Å². The van der Waals surface area contributed by atoms with Crippen molar-refractivity contribution in [3.8, 4) is 0 Å². The Morgan fingerprint density at radius 3 is 2.42 bits per heavy atom. The van der Waals surface area contributed by atoms with E-state index in [2.05, 4.69) is 17.1 Å². The molecule has 2 atom stereocenters. The van der Waals surface area contributed by atoms with Crippen LogP contribution in [-0.4, -0.2) is 63.0 Å². The molecule has 6 nitrogen and oxygen atoms in total. The van der Waals surface area contributed by atoms with Crippen LogP contribution in [0.3, 0.4) is 0 Å². The summed E-state index contributed by atoms with van der Waals surface area (Å²) in [7, 11) is 0. The highest BCUT2D eigenvalue weighted by Crippen LogP contribution is 2.54. The van der Waals surface area contributed by atoms with E-state index >= 15 is 0 Å². The predicted octanol–water partition coefficient (Wildman–Crippen LogP) is 2.84. The van der Waals surface area contributed by atoms with Gasteiger partial charge in [-0.1, -0.05) is 49.6 Å². The molecular weight excluding hydrogens is 390 g/mol. The maximum absolute atomic E-state index is 13.4. The van der Waals surface area contributed by atoms with Crippen LogP contribution >= 0.6 is 0 Å². The Hall–Kier alpha value is -2.73. The van der Waals surface area contributed by atoms with Crippen LogP contribution in [0.5, 0.6) is 0 Å². The molecule has 1 N–H and O–H groups in total. The lowest BCUT2D eigenvalue weighted by Crippen LogP contribution is -2.86. The van der Waals surface area contributed by atoms with Crippen LogP contribution in [0.2, 0.25) is 0 Å². The highest BCUT2D eigenvalue weighted by atomic mass is 16.3. The summed E-state index contributed by atoms with van der Waals surface area (Å²) in [5.74, 6) is 0.245. The largest absolute Gasteiger partial charge is 0.394 e. The van der Waals surface area contributed by atoms with E-state index in [-0.39, 0.29) is 36.3 Å². The fourth-order valence-corrected chi connectivity index (χ4v) is 5.99. The summed E-state index contributed by atoms with van der Waals surface area (Å²) in [6, 6.07) is 13.3. The van der Waals surface area contributed by atoms with Gasteiger partial charge in [0.15, 0.2) is 0 Å². The number of aromatic nitrogens is 1. The molecule has 2 amide bonds. The Morgan fingerprint density at radius 2 is 1.77 bits per heavy atom. The van der Waals surface area contributed by atoms with Crippen molar-refractivity contribution in [3.63, 3.8) is 0 Å². The molecule has 1 aromatic heterocycles. The average Bonchev–Trinajstić information content (AvgIpc) is 2.79. The predicted molar refractivity (Wildman–Crippen MR) is 116 cm³/mol. The number of benzene rings is 1. The molecule has 1 aromatic carbocycles. The van der Waals surface area contributed by atoms with Crippen molar-refractivity contribution in [1.82, 2.24) is 14.8 Å². The molecule has 5 rings (SSSR count). The number of nitrogens with zero attached hydrogens (tertiary/aromatic N) is 3. The van der Waals surface area contributed by atoms with Crippen LogP contribution in [0.1, 0.15) is 53.9 Å². The number of carbonyl (C=O) groups excluding carboxylic acids is 2. The van der Waals surface area contributed by atoms with Gasteiger partial charge in [0.25, 0.3) is 5.91 Å². The fourth-order valence-electron chi connectivity index (χ4n) is 5.99. The number of rotatable bonds is 4. The fraction of sp³-hybridized carbons (Fsp3) is 0.480. The first-order valence-corrected chi connectivity index (χ1v) is 11.3. The summed E-state index contributed by atoms with van der Waals surface area (Å²) >= 11 is 0. The van der Waals surface area contributed by atoms with Gasteiger partial charge >= 0.3 is 0 Å². The van der Waals surface area contributed by atoms with E-state index in [0.717, 1.165) is 31.2 Å². The number of hydrogen-bond acceptors (Lipinski definition) is 4. The van der Waals surface area contributed by atoms with Crippen LogP contribution in [0.4, 0.5) is 0 Å². The zero-order valence-electron chi connectivity index (χ0n) is 17.7. The molecule has 31 heavy (non-hydrogen) atoms. The molecule has 162 valence electrons. The van der Waals surface area contributed by atoms with Gasteiger partial charge in [-0.15, -0.1) is 0 Å². The zero-order chi connectivity index (χ0) is 21.4. The van der Waals surface area contributed by atoms with Crippen molar-refractivity contribution in [2.45, 2.75) is 49.6 Å². The standard InChI is InChI=1S/C25H29N3O3/c29-15-21-22(18-8-3-1-4-9-18)25(28(21)24(31)20-12-7-13-26-14-20)16-27(17-25)23(30)19-10-5-2-6-11-19/h1,3-4,7-9,12-14,19,21-22,29H,2,5-6,10-11,15-17H2/t21-,22-/m1/s1. The van der Waals surface area contributed by atoms with Crippen LogP contribution < -0.4 is 0 Å². The number of pyridine rings is 1. The molecule has 1 saturated carbocycles. The number of amides is 2. The molecule has 3 heterocycles. The number of aliphatic hydroxyl groups excluding tert-OH is 1. The Labute approximate surface area is 182 Å². The first kappa shape index (κ1) is 20.2. The van der Waals surface area contributed by atoms with Gasteiger partial charge in [0.2, 0.25) is 5.91 Å². The summed E-state index contributed by atoms with van der Waals surface area (Å²) in [6.07, 6.45) is 8.64. The third-order valence-corrected chi connectivity index (χ3v) is 7.44. The third kappa shape index (κ3) is 3.24. The second kappa shape index (κ2) is 8.08. The Bertz CT molecular complexity index is 937. The summed E-state index contributed by atoms with van der Waals surface area (Å²) in [4.78, 5) is 34.4. The maximum atomic E-state index is 13.4. The van der Waals surface area contributed by atoms with E-state index in [1.165, 1.54) is 6.42 Å². The summed E-state index contributed by atoms with van der Waals surface area (Å²) in [5.41, 5.74) is 1.16. The van der Waals surface area contributed by atoms with Gasteiger partial charge in [0, 0.05) is 37.3 Å². The van der Waals surface area contributed by atoms with Crippen LogP contribution in [0.25, 0.3) is 0 Å². The molecular formula is C25H29N3O3. The molecule has 6 heteroatoms. The molecule has 3 aliphatic rings. The zero-order valence-corrected chi connectivity index (χ0v) is 17.7. The molecule has 2 saturated heterocycles. The lowest BCUT2D eigenvalue weighted by atomic mass is 9.60. The third-order valence-electron chi connectivity index (χ3n) is 7.44. The van der Waals surface area contributed by atoms with Gasteiger partial charge in [-0.2, -0.15) is 0 Å². The first-order valence-electron chi connectivity index (χ1n) is 11.3. The second-order valence-electron chi connectivity index (χ2n) is 9.19. The molecule has 2 aromatic rings. The van der Waals surface area contributed by atoms with Gasteiger partial charge in [-0.3, -0.25) is 14.6 Å². The van der Waals surface area contributed by atoms with Crippen molar-refractivity contribution in [2.75, 3.05) is 19.7 Å². The Kier molecular flexibility index (Phi) is 5.26. The maximum Gasteiger partial charge on any atom is 0.256 e. The van der Waals surface area contributed by atoms with Gasteiger partial charge in [0.05, 0.1) is 23.8 Å². The summed E-state index contributed by atoms with van der Waals surface area (Å²) < 4.78 is 0. The first-order chi connectivity index (χ1) is 15.2. The van der Waals surface area contributed by atoms with E-state index in [1.807, 2.05) is 28.0 Å². The van der Waals surface area contributed by atoms with Gasteiger partial charge in [-0.05, 0) is 30.5 Å². The van der Waals surface area contributed by atoms with Crippen molar-refractivity contribution in [2.24, 2.45) is 5.92 Å². The highest BCUT2D eigenvalue weighted by molar-refractivity contribution is 5.96. The minimum atomic E-state index is -0.466. The van der Waals surface area contributed by atoms with Crippen LogP contribution in [0.15, 0.2) is 54.9 Å². The van der Waals surface area contributed by atoms with E-state index in [9.17, 15) is 14.7 Å². The minimum absolute atomic E-state index is 0.00901. The molecule has 1 spiro atoms.